The molecule has 2 N–H and O–H groups in total. The number of alkyl halides is 3. The maximum Gasteiger partial charge on any atom is 0.411 e. The number of piperazine rings is 1. The second-order valence-corrected chi connectivity index (χ2v) is 8.67. The Balaban J connectivity index is 1.25. The molecular formula is C19H21ClF4N4O2. The summed E-state index contributed by atoms with van der Waals surface area (Å²) in [7, 11) is 0. The van der Waals surface area contributed by atoms with Crippen molar-refractivity contribution in [2.75, 3.05) is 31.5 Å². The Hall–Kier alpha value is -1.91. The molecule has 1 aliphatic carbocycles. The van der Waals surface area contributed by atoms with Gasteiger partial charge in [0.25, 0.3) is 0 Å². The monoisotopic (exact) mass is 448 g/mol. The Kier molecular flexibility index (Phi) is 5.44. The van der Waals surface area contributed by atoms with E-state index in [9.17, 15) is 27.2 Å². The molecule has 2 heterocycles. The third-order valence-corrected chi connectivity index (χ3v) is 6.20. The van der Waals surface area contributed by atoms with E-state index in [4.69, 9.17) is 11.6 Å². The predicted octanol–water partition coefficient (Wildman–Crippen LogP) is 2.39. The number of hydrogen-bond acceptors (Lipinski definition) is 4. The van der Waals surface area contributed by atoms with Crippen LogP contribution in [0.3, 0.4) is 0 Å². The van der Waals surface area contributed by atoms with E-state index >= 15 is 0 Å². The number of benzene rings is 1. The second-order valence-electron chi connectivity index (χ2n) is 8.24. The van der Waals surface area contributed by atoms with E-state index in [0.717, 1.165) is 12.5 Å². The van der Waals surface area contributed by atoms with E-state index in [1.807, 2.05) is 9.80 Å². The third-order valence-electron chi connectivity index (χ3n) is 5.98. The molecule has 1 aromatic carbocycles. The van der Waals surface area contributed by atoms with Crippen LogP contribution in [0.1, 0.15) is 19.3 Å². The van der Waals surface area contributed by atoms with E-state index in [1.165, 1.54) is 12.1 Å². The lowest BCUT2D eigenvalue weighted by Crippen LogP contribution is -2.54. The Morgan fingerprint density at radius 2 is 1.67 bits per heavy atom. The molecule has 0 radical (unpaired) electrons. The summed E-state index contributed by atoms with van der Waals surface area (Å²) in [5.41, 5.74) is -1.78. The van der Waals surface area contributed by atoms with E-state index in [0.29, 0.717) is 13.1 Å². The minimum Gasteiger partial charge on any atom is -0.341 e. The van der Waals surface area contributed by atoms with Crippen LogP contribution in [-0.2, 0) is 9.59 Å². The Morgan fingerprint density at radius 1 is 1.07 bits per heavy atom. The van der Waals surface area contributed by atoms with Crippen molar-refractivity contribution >= 4 is 29.1 Å². The average molecular weight is 449 g/mol. The highest BCUT2D eigenvalue weighted by Gasteiger charge is 2.64. The summed E-state index contributed by atoms with van der Waals surface area (Å²) in [6, 6.07) is 3.82. The number of carbonyl (C=O) groups is 2. The molecule has 2 atom stereocenters. The first-order valence-corrected chi connectivity index (χ1v) is 10.0. The molecule has 2 aliphatic heterocycles. The van der Waals surface area contributed by atoms with Gasteiger partial charge in [0, 0.05) is 35.9 Å². The number of rotatable bonds is 6. The first kappa shape index (κ1) is 21.3. The molecule has 1 saturated carbocycles. The van der Waals surface area contributed by atoms with Crippen LogP contribution < -0.4 is 10.6 Å². The highest BCUT2D eigenvalue weighted by atomic mass is 35.5. The van der Waals surface area contributed by atoms with Crippen molar-refractivity contribution in [3.05, 3.63) is 29.0 Å². The number of nitrogens with zero attached hydrogens (tertiary/aromatic N) is 2. The van der Waals surface area contributed by atoms with Gasteiger partial charge in [-0.15, -0.1) is 0 Å². The third kappa shape index (κ3) is 4.40. The van der Waals surface area contributed by atoms with Crippen molar-refractivity contribution < 1.29 is 27.2 Å². The van der Waals surface area contributed by atoms with Crippen LogP contribution in [0.15, 0.2) is 18.2 Å². The molecule has 3 aliphatic rings. The van der Waals surface area contributed by atoms with Crippen LogP contribution in [0.5, 0.6) is 0 Å². The molecule has 3 fully saturated rings. The van der Waals surface area contributed by atoms with Gasteiger partial charge in [0.2, 0.25) is 11.8 Å². The number of fused-ring (bicyclic) bond motifs is 2. The number of likely N-dealkylation sites (tertiary alicyclic amines) is 2. The zero-order valence-corrected chi connectivity index (χ0v) is 16.7. The lowest BCUT2D eigenvalue weighted by atomic mass is 10.2. The molecule has 2 bridgehead atoms. The van der Waals surface area contributed by atoms with E-state index < -0.39 is 23.4 Å². The summed E-state index contributed by atoms with van der Waals surface area (Å²) in [4.78, 5) is 28.2. The van der Waals surface area contributed by atoms with Crippen LogP contribution in [-0.4, -0.2) is 71.6 Å². The Morgan fingerprint density at radius 3 is 2.17 bits per heavy atom. The lowest BCUT2D eigenvalue weighted by molar-refractivity contribution is -0.170. The maximum absolute atomic E-state index is 13.4. The smallest absolute Gasteiger partial charge is 0.341 e. The number of hydrogen-bond donors (Lipinski definition) is 2. The molecule has 1 aromatic rings. The van der Waals surface area contributed by atoms with E-state index in [-0.39, 0.29) is 54.6 Å². The maximum atomic E-state index is 13.4. The van der Waals surface area contributed by atoms with Crippen molar-refractivity contribution in [3.8, 4) is 0 Å². The van der Waals surface area contributed by atoms with Crippen LogP contribution in [0.2, 0.25) is 5.02 Å². The number of amides is 2. The first-order chi connectivity index (χ1) is 14.0. The van der Waals surface area contributed by atoms with Gasteiger partial charge in [-0.3, -0.25) is 19.4 Å². The quantitative estimate of drug-likeness (QED) is 0.656. The van der Waals surface area contributed by atoms with Gasteiger partial charge in [0.15, 0.2) is 0 Å². The lowest BCUT2D eigenvalue weighted by Gasteiger charge is -2.33. The average Bonchev–Trinajstić information content (AvgIpc) is 3.15. The number of nitrogens with one attached hydrogen (secondary N) is 2. The molecule has 164 valence electrons. The molecule has 30 heavy (non-hydrogen) atoms. The summed E-state index contributed by atoms with van der Waals surface area (Å²) < 4.78 is 52.4. The van der Waals surface area contributed by atoms with Crippen molar-refractivity contribution in [1.29, 1.82) is 0 Å². The molecule has 0 aromatic heterocycles. The van der Waals surface area contributed by atoms with Gasteiger partial charge in [-0.25, -0.2) is 4.39 Å². The van der Waals surface area contributed by atoms with Crippen LogP contribution in [0, 0.1) is 5.82 Å². The molecule has 4 rings (SSSR count). The molecule has 0 spiro atoms. The van der Waals surface area contributed by atoms with Crippen molar-refractivity contribution in [3.63, 3.8) is 0 Å². The van der Waals surface area contributed by atoms with Gasteiger partial charge >= 0.3 is 6.18 Å². The first-order valence-electron chi connectivity index (χ1n) is 9.66. The van der Waals surface area contributed by atoms with Crippen LogP contribution >= 0.6 is 11.6 Å². The van der Waals surface area contributed by atoms with Gasteiger partial charge < -0.3 is 10.6 Å². The Labute approximate surface area is 175 Å². The molecular weight excluding hydrogens is 428 g/mol. The Bertz CT molecular complexity index is 841. The molecule has 6 nitrogen and oxygen atoms in total. The summed E-state index contributed by atoms with van der Waals surface area (Å²) >= 11 is 5.78. The fraction of sp³-hybridized carbons (Fsp3) is 0.579. The molecule has 11 heteroatoms. The van der Waals surface area contributed by atoms with E-state index in [2.05, 4.69) is 10.6 Å². The van der Waals surface area contributed by atoms with Crippen LogP contribution in [0.4, 0.5) is 23.2 Å². The normalized spacial score (nSPS) is 25.4. The molecule has 2 saturated heterocycles. The molecule has 2 unspecified atom stereocenters. The van der Waals surface area contributed by atoms with Gasteiger partial charge in [-0.2, -0.15) is 13.2 Å². The van der Waals surface area contributed by atoms with Gasteiger partial charge in [0.05, 0.1) is 13.1 Å². The molecule has 2 amide bonds. The minimum absolute atomic E-state index is 0.0122. The van der Waals surface area contributed by atoms with Crippen LogP contribution in [0.25, 0.3) is 0 Å². The summed E-state index contributed by atoms with van der Waals surface area (Å²) in [6.07, 6.45) is -3.83. The highest BCUT2D eigenvalue weighted by molar-refractivity contribution is 6.30. The van der Waals surface area contributed by atoms with E-state index in [1.54, 1.807) is 0 Å². The summed E-state index contributed by atoms with van der Waals surface area (Å²) in [5, 5.41) is 4.94. The fourth-order valence-corrected chi connectivity index (χ4v) is 4.55. The zero-order valence-electron chi connectivity index (χ0n) is 15.9. The summed E-state index contributed by atoms with van der Waals surface area (Å²) in [6.45, 7) is 1.07. The largest absolute Gasteiger partial charge is 0.411 e. The standard InChI is InChI=1S/C19H21ClF4N4O2/c20-11-3-12(21)5-13(4-11)25-16(29)9-27-7-15-6-14(27)8-28(15)10-17(30)26-18(1-2-18)19(22,23)24/h3-5,14-15H,1-2,6-10H2,(H,25,29)(H,26,30). The number of anilines is 1. The topological polar surface area (TPSA) is 64.7 Å². The SMILES string of the molecule is O=C(CN1CC2CC1CN2CC(=O)NC1(C(F)(F)F)CC1)Nc1cc(F)cc(Cl)c1. The number of carbonyl (C=O) groups excluding carboxylic acids is 2. The minimum atomic E-state index is -4.43. The van der Waals surface area contributed by atoms with Crippen molar-refractivity contribution in [2.24, 2.45) is 0 Å². The fourth-order valence-electron chi connectivity index (χ4n) is 4.33. The van der Waals surface area contributed by atoms with Gasteiger partial charge in [0.1, 0.15) is 11.4 Å². The summed E-state index contributed by atoms with van der Waals surface area (Å²) in [5.74, 6) is -1.48. The van der Waals surface area contributed by atoms with Gasteiger partial charge in [-0.1, -0.05) is 11.6 Å². The van der Waals surface area contributed by atoms with Gasteiger partial charge in [-0.05, 0) is 37.5 Å². The second kappa shape index (κ2) is 7.65. The predicted molar refractivity (Wildman–Crippen MR) is 102 cm³/mol. The number of halogens is 5. The zero-order chi connectivity index (χ0) is 21.7. The van der Waals surface area contributed by atoms with Crippen molar-refractivity contribution in [2.45, 2.75) is 43.1 Å². The van der Waals surface area contributed by atoms with Crippen molar-refractivity contribution in [1.82, 2.24) is 15.1 Å². The highest BCUT2D eigenvalue weighted by Crippen LogP contribution is 2.48.